The summed E-state index contributed by atoms with van der Waals surface area (Å²) < 4.78 is 39.7. The van der Waals surface area contributed by atoms with Crippen LogP contribution in [0.25, 0.3) is 10.9 Å². The van der Waals surface area contributed by atoms with Crippen molar-refractivity contribution < 1.29 is 27.6 Å². The summed E-state index contributed by atoms with van der Waals surface area (Å²) in [5.41, 5.74) is 4.51. The molecule has 3 atom stereocenters. The van der Waals surface area contributed by atoms with Gasteiger partial charge in [-0.05, 0) is 67.1 Å². The van der Waals surface area contributed by atoms with Crippen LogP contribution in [-0.2, 0) is 27.9 Å². The van der Waals surface area contributed by atoms with Gasteiger partial charge in [0.25, 0.3) is 0 Å². The first-order chi connectivity index (χ1) is 24.3. The number of aromatic nitrogens is 4. The fraction of sp³-hybridized carbons (Fsp3) is 0.429. The Bertz CT molecular complexity index is 2020. The number of carbonyl (C=O) groups is 3. The van der Waals surface area contributed by atoms with Gasteiger partial charge < -0.3 is 20.4 Å². The summed E-state index contributed by atoms with van der Waals surface area (Å²) in [6, 6.07) is 11.5. The first kappa shape index (κ1) is 34.5. The highest BCUT2D eigenvalue weighted by Gasteiger charge is 2.33. The van der Waals surface area contributed by atoms with Gasteiger partial charge in [-0.2, -0.15) is 23.3 Å². The van der Waals surface area contributed by atoms with E-state index in [-0.39, 0.29) is 49.1 Å². The van der Waals surface area contributed by atoms with Gasteiger partial charge in [0, 0.05) is 68.0 Å². The molecule has 5 heterocycles. The zero-order chi connectivity index (χ0) is 36.0. The van der Waals surface area contributed by atoms with E-state index in [4.69, 9.17) is 16.6 Å². The first-order valence-corrected chi connectivity index (χ1v) is 17.3. The molecule has 3 aliphatic rings. The molecule has 2 saturated heterocycles. The Morgan fingerprint density at radius 2 is 1.88 bits per heavy atom. The number of alkyl halides is 3. The van der Waals surface area contributed by atoms with Gasteiger partial charge in [-0.15, -0.1) is 0 Å². The highest BCUT2D eigenvalue weighted by atomic mass is 35.5. The topological polar surface area (TPSA) is 137 Å². The third kappa shape index (κ3) is 7.30. The number of nitrogens with zero attached hydrogens (tertiary/aromatic N) is 6. The number of piperidine rings is 2. The molecule has 3 amide bonds. The van der Waals surface area contributed by atoms with Crippen molar-refractivity contribution in [3.63, 3.8) is 0 Å². The van der Waals surface area contributed by atoms with Gasteiger partial charge in [0.2, 0.25) is 23.7 Å². The van der Waals surface area contributed by atoms with Gasteiger partial charge in [-0.1, -0.05) is 18.5 Å². The third-order valence-corrected chi connectivity index (χ3v) is 10.1. The maximum Gasteiger partial charge on any atom is 0.389 e. The van der Waals surface area contributed by atoms with Crippen molar-refractivity contribution in [1.29, 1.82) is 0 Å². The number of benzene rings is 2. The van der Waals surface area contributed by atoms with E-state index in [1.165, 1.54) is 4.90 Å². The van der Waals surface area contributed by atoms with E-state index in [1.807, 2.05) is 25.2 Å². The molecule has 16 heteroatoms. The maximum absolute atomic E-state index is 12.6. The van der Waals surface area contributed by atoms with Crippen LogP contribution in [0.15, 0.2) is 42.6 Å². The van der Waals surface area contributed by atoms with Crippen molar-refractivity contribution in [2.45, 2.75) is 63.6 Å². The number of imide groups is 1. The SMILES string of the molecule is C[C@@H]1CN(c2ncc(Cl)c(Nc3ccc4c(c3)CC(=O)N4CCCC(F)(F)F)n2)CC[C@H]1Nc1ccc2c(C3CCC(=O)NC3=O)nn(C)c2c1. The molecule has 0 bridgehead atoms. The molecule has 1 unspecified atom stereocenters. The van der Waals surface area contributed by atoms with Crippen LogP contribution in [-0.4, -0.2) is 69.3 Å². The molecule has 2 aromatic heterocycles. The molecule has 3 aliphatic heterocycles. The number of amides is 3. The van der Waals surface area contributed by atoms with E-state index < -0.39 is 18.5 Å². The number of halogens is 4. The fourth-order valence-electron chi connectivity index (χ4n) is 7.22. The summed E-state index contributed by atoms with van der Waals surface area (Å²) in [4.78, 5) is 49.5. The van der Waals surface area contributed by atoms with Crippen LogP contribution < -0.4 is 25.8 Å². The van der Waals surface area contributed by atoms with Crippen LogP contribution in [0, 0.1) is 5.92 Å². The molecular formula is C35H37ClF3N9O3. The lowest BCUT2D eigenvalue weighted by Gasteiger charge is -2.37. The Kier molecular flexibility index (Phi) is 9.25. The van der Waals surface area contributed by atoms with Gasteiger partial charge in [0.15, 0.2) is 5.82 Å². The monoisotopic (exact) mass is 723 g/mol. The average Bonchev–Trinajstić information content (AvgIpc) is 3.56. The van der Waals surface area contributed by atoms with Gasteiger partial charge in [0.1, 0.15) is 5.02 Å². The Hall–Kier alpha value is -4.92. The third-order valence-electron chi connectivity index (χ3n) is 9.84. The number of rotatable bonds is 9. The van der Waals surface area contributed by atoms with Crippen LogP contribution in [0.4, 0.5) is 42.0 Å². The van der Waals surface area contributed by atoms with Crippen LogP contribution in [0.1, 0.15) is 56.2 Å². The van der Waals surface area contributed by atoms with Crippen molar-refractivity contribution in [2.75, 3.05) is 40.1 Å². The number of nitrogens with one attached hydrogen (secondary N) is 3. The smallest absolute Gasteiger partial charge is 0.382 e. The van der Waals surface area contributed by atoms with Gasteiger partial charge in [-0.25, -0.2) is 4.98 Å². The number of aryl methyl sites for hydroxylation is 1. The lowest BCUT2D eigenvalue weighted by Crippen LogP contribution is -2.46. The maximum atomic E-state index is 12.6. The first-order valence-electron chi connectivity index (χ1n) is 16.9. The summed E-state index contributed by atoms with van der Waals surface area (Å²) in [7, 11) is 1.85. The molecule has 4 aromatic rings. The van der Waals surface area contributed by atoms with Crippen molar-refractivity contribution in [3.05, 3.63) is 58.9 Å². The molecule has 0 radical (unpaired) electrons. The van der Waals surface area contributed by atoms with E-state index in [1.54, 1.807) is 29.1 Å². The number of anilines is 5. The molecule has 2 aromatic carbocycles. The lowest BCUT2D eigenvalue weighted by molar-refractivity contribution is -0.136. The van der Waals surface area contributed by atoms with Crippen molar-refractivity contribution in [3.8, 4) is 0 Å². The second-order valence-corrected chi connectivity index (χ2v) is 13.9. The largest absolute Gasteiger partial charge is 0.389 e. The van der Waals surface area contributed by atoms with Gasteiger partial charge >= 0.3 is 6.18 Å². The predicted octanol–water partition coefficient (Wildman–Crippen LogP) is 5.84. The number of carbonyl (C=O) groups excluding carboxylic acids is 3. The molecule has 268 valence electrons. The molecule has 0 aliphatic carbocycles. The fourth-order valence-corrected chi connectivity index (χ4v) is 7.36. The summed E-state index contributed by atoms with van der Waals surface area (Å²) in [6.45, 7) is 3.57. The Morgan fingerprint density at radius 1 is 1.08 bits per heavy atom. The molecule has 7 rings (SSSR count). The van der Waals surface area contributed by atoms with Gasteiger partial charge in [-0.3, -0.25) is 24.4 Å². The van der Waals surface area contributed by atoms with E-state index in [9.17, 15) is 27.6 Å². The zero-order valence-corrected chi connectivity index (χ0v) is 28.8. The van der Waals surface area contributed by atoms with E-state index in [0.717, 1.165) is 28.6 Å². The summed E-state index contributed by atoms with van der Waals surface area (Å²) in [5.74, 6) is -0.0928. The lowest BCUT2D eigenvalue weighted by atomic mass is 9.92. The molecular weight excluding hydrogens is 687 g/mol. The van der Waals surface area contributed by atoms with Crippen LogP contribution in [0.3, 0.4) is 0 Å². The quantitative estimate of drug-likeness (QED) is 0.182. The minimum atomic E-state index is -4.26. The average molecular weight is 724 g/mol. The minimum absolute atomic E-state index is 0.0107. The van der Waals surface area contributed by atoms with Crippen molar-refractivity contribution >= 4 is 69.1 Å². The van der Waals surface area contributed by atoms with Crippen molar-refractivity contribution in [1.82, 2.24) is 25.1 Å². The molecule has 2 fully saturated rings. The van der Waals surface area contributed by atoms with Crippen molar-refractivity contribution in [2.24, 2.45) is 13.0 Å². The minimum Gasteiger partial charge on any atom is -0.382 e. The predicted molar refractivity (Wildman–Crippen MR) is 187 cm³/mol. The number of hydrogen-bond acceptors (Lipinski definition) is 9. The summed E-state index contributed by atoms with van der Waals surface area (Å²) >= 11 is 6.49. The molecule has 51 heavy (non-hydrogen) atoms. The number of fused-ring (bicyclic) bond motifs is 2. The molecule has 3 N–H and O–H groups in total. The summed E-state index contributed by atoms with van der Waals surface area (Å²) in [5, 5.41) is 15.2. The zero-order valence-electron chi connectivity index (χ0n) is 28.1. The summed E-state index contributed by atoms with van der Waals surface area (Å²) in [6.07, 6.45) is -2.14. The second kappa shape index (κ2) is 13.7. The van der Waals surface area contributed by atoms with E-state index in [0.29, 0.717) is 59.8 Å². The van der Waals surface area contributed by atoms with Gasteiger partial charge in [0.05, 0.1) is 29.7 Å². The van der Waals surface area contributed by atoms with E-state index in [2.05, 4.69) is 37.9 Å². The molecule has 0 spiro atoms. The standard InChI is InChI=1S/C35H37ClF3N9O3/c1-19-18-47(13-10-26(19)41-22-4-6-23-28(16-22)46(2)45-31(23)24-7-9-29(49)43-33(24)51)34-40-17-25(36)32(44-34)42-21-5-8-27-20(14-21)15-30(50)48(27)12-3-11-35(37,38)39/h4-6,8,14,16-17,19,24,26,41H,3,7,9-13,15,18H2,1-2H3,(H,40,42,44)(H,43,49,51)/t19-,24?,26-/m1/s1. The molecule has 0 saturated carbocycles. The highest BCUT2D eigenvalue weighted by Crippen LogP contribution is 2.36. The Labute approximate surface area is 296 Å². The number of hydrogen-bond donors (Lipinski definition) is 3. The normalized spacial score (nSPS) is 20.9. The second-order valence-electron chi connectivity index (χ2n) is 13.5. The van der Waals surface area contributed by atoms with E-state index >= 15 is 0 Å². The van der Waals surface area contributed by atoms with Crippen LogP contribution >= 0.6 is 11.6 Å². The Morgan fingerprint density at radius 3 is 2.65 bits per heavy atom. The Balaban J connectivity index is 0.989. The van der Waals surface area contributed by atoms with Crippen LogP contribution in [0.2, 0.25) is 5.02 Å². The van der Waals surface area contributed by atoms with Crippen LogP contribution in [0.5, 0.6) is 0 Å². The highest BCUT2D eigenvalue weighted by molar-refractivity contribution is 6.33. The molecule has 12 nitrogen and oxygen atoms in total.